The highest BCUT2D eigenvalue weighted by Gasteiger charge is 2.10. The summed E-state index contributed by atoms with van der Waals surface area (Å²) in [6, 6.07) is 12.7. The van der Waals surface area contributed by atoms with Crippen LogP contribution in [0.5, 0.6) is 11.5 Å². The Bertz CT molecular complexity index is 928. The van der Waals surface area contributed by atoms with Crippen molar-refractivity contribution in [2.24, 2.45) is 0 Å². The summed E-state index contributed by atoms with van der Waals surface area (Å²) in [5.74, 6) is 0.272. The third kappa shape index (κ3) is 4.98. The second kappa shape index (κ2) is 8.55. The zero-order valence-electron chi connectivity index (χ0n) is 14.5. The van der Waals surface area contributed by atoms with E-state index in [1.807, 2.05) is 6.92 Å². The number of anilines is 1. The zero-order chi connectivity index (χ0) is 19.2. The Balaban J connectivity index is 1.57. The van der Waals surface area contributed by atoms with Gasteiger partial charge in [0, 0.05) is 18.0 Å². The second-order valence-electron chi connectivity index (χ2n) is 5.50. The molecule has 1 N–H and O–H groups in total. The maximum Gasteiger partial charge on any atom is 0.276 e. The number of hydrogen-bond acceptors (Lipinski definition) is 4. The lowest BCUT2D eigenvalue weighted by atomic mass is 10.3. The Kier molecular flexibility index (Phi) is 5.93. The van der Waals surface area contributed by atoms with Crippen LogP contribution in [0, 0.1) is 5.82 Å². The highest BCUT2D eigenvalue weighted by molar-refractivity contribution is 6.30. The summed E-state index contributed by atoms with van der Waals surface area (Å²) < 4.78 is 25.4. The molecule has 0 aliphatic heterocycles. The van der Waals surface area contributed by atoms with E-state index in [0.29, 0.717) is 18.0 Å². The zero-order valence-corrected chi connectivity index (χ0v) is 15.2. The molecule has 8 heteroatoms. The van der Waals surface area contributed by atoms with Crippen LogP contribution in [0.3, 0.4) is 0 Å². The van der Waals surface area contributed by atoms with E-state index in [9.17, 15) is 9.18 Å². The molecule has 3 rings (SSSR count). The molecule has 1 aromatic heterocycles. The van der Waals surface area contributed by atoms with Crippen molar-refractivity contribution in [3.63, 3.8) is 0 Å². The van der Waals surface area contributed by atoms with Crippen LogP contribution in [-0.2, 0) is 6.73 Å². The number of nitrogens with zero attached hydrogens (tertiary/aromatic N) is 2. The first kappa shape index (κ1) is 18.7. The minimum Gasteiger partial charge on any atom is -0.494 e. The first-order valence-electron chi connectivity index (χ1n) is 8.20. The largest absolute Gasteiger partial charge is 0.494 e. The van der Waals surface area contributed by atoms with Crippen LogP contribution in [-0.4, -0.2) is 22.3 Å². The Labute approximate surface area is 160 Å². The highest BCUT2D eigenvalue weighted by atomic mass is 35.5. The average molecular weight is 390 g/mol. The van der Waals surface area contributed by atoms with Crippen LogP contribution in [0.2, 0.25) is 5.02 Å². The number of halogens is 2. The topological polar surface area (TPSA) is 65.4 Å². The number of amides is 1. The second-order valence-corrected chi connectivity index (χ2v) is 5.91. The quantitative estimate of drug-likeness (QED) is 0.652. The SMILES string of the molecule is CCOc1ccc(NC(=O)c2ccn(COc3ccc(F)c(Cl)c3)n2)cc1. The molecule has 6 nitrogen and oxygen atoms in total. The van der Waals surface area contributed by atoms with Crippen molar-refractivity contribution in [3.8, 4) is 11.5 Å². The number of hydrogen-bond donors (Lipinski definition) is 1. The van der Waals surface area contributed by atoms with Crippen molar-refractivity contribution < 1.29 is 18.7 Å². The van der Waals surface area contributed by atoms with Gasteiger partial charge in [-0.25, -0.2) is 9.07 Å². The number of aromatic nitrogens is 2. The average Bonchev–Trinajstić information content (AvgIpc) is 3.14. The molecular weight excluding hydrogens is 373 g/mol. The predicted molar refractivity (Wildman–Crippen MR) is 99.8 cm³/mol. The van der Waals surface area contributed by atoms with E-state index in [2.05, 4.69) is 10.4 Å². The molecule has 140 valence electrons. The molecule has 0 saturated carbocycles. The smallest absolute Gasteiger partial charge is 0.276 e. The third-order valence-corrected chi connectivity index (χ3v) is 3.84. The molecular formula is C19H17ClFN3O3. The van der Waals surface area contributed by atoms with Crippen molar-refractivity contribution in [2.45, 2.75) is 13.7 Å². The Morgan fingerprint density at radius 2 is 1.89 bits per heavy atom. The van der Waals surface area contributed by atoms with E-state index in [1.54, 1.807) is 36.5 Å². The van der Waals surface area contributed by atoms with Gasteiger partial charge in [0.05, 0.1) is 11.6 Å². The lowest BCUT2D eigenvalue weighted by Crippen LogP contribution is -2.14. The van der Waals surface area contributed by atoms with Gasteiger partial charge in [0.15, 0.2) is 12.4 Å². The molecule has 2 aromatic carbocycles. The maximum atomic E-state index is 13.1. The number of benzene rings is 2. The molecule has 0 aliphatic carbocycles. The Morgan fingerprint density at radius 3 is 2.59 bits per heavy atom. The lowest BCUT2D eigenvalue weighted by molar-refractivity contribution is 0.102. The van der Waals surface area contributed by atoms with Gasteiger partial charge in [-0.1, -0.05) is 11.6 Å². The standard InChI is InChI=1S/C19H17ClFN3O3/c1-2-26-14-5-3-13(4-6-14)22-19(25)18-9-10-24(23-18)12-27-15-7-8-17(21)16(20)11-15/h3-11H,2,12H2,1H3,(H,22,25). The third-order valence-electron chi connectivity index (χ3n) is 3.55. The number of nitrogens with one attached hydrogen (secondary N) is 1. The van der Waals surface area contributed by atoms with E-state index >= 15 is 0 Å². The van der Waals surface area contributed by atoms with Gasteiger partial charge >= 0.3 is 0 Å². The normalized spacial score (nSPS) is 10.5. The summed E-state index contributed by atoms with van der Waals surface area (Å²) in [7, 11) is 0. The fraction of sp³-hybridized carbons (Fsp3) is 0.158. The van der Waals surface area contributed by atoms with Gasteiger partial charge in [-0.3, -0.25) is 4.79 Å². The minimum atomic E-state index is -0.517. The fourth-order valence-electron chi connectivity index (χ4n) is 2.26. The lowest BCUT2D eigenvalue weighted by Gasteiger charge is -2.07. The van der Waals surface area contributed by atoms with Gasteiger partial charge in [0.2, 0.25) is 0 Å². The Hall–Kier alpha value is -3.06. The molecule has 0 bridgehead atoms. The first-order chi connectivity index (χ1) is 13.0. The molecule has 0 unspecified atom stereocenters. The van der Waals surface area contributed by atoms with E-state index in [4.69, 9.17) is 21.1 Å². The van der Waals surface area contributed by atoms with Crippen LogP contribution in [0.4, 0.5) is 10.1 Å². The van der Waals surface area contributed by atoms with Crippen molar-refractivity contribution >= 4 is 23.2 Å². The molecule has 1 heterocycles. The first-order valence-corrected chi connectivity index (χ1v) is 8.58. The highest BCUT2D eigenvalue weighted by Crippen LogP contribution is 2.21. The molecule has 0 radical (unpaired) electrons. The van der Waals surface area contributed by atoms with Crippen LogP contribution in [0.15, 0.2) is 54.7 Å². The van der Waals surface area contributed by atoms with Gasteiger partial charge < -0.3 is 14.8 Å². The monoisotopic (exact) mass is 389 g/mol. The fourth-order valence-corrected chi connectivity index (χ4v) is 2.43. The van der Waals surface area contributed by atoms with Crippen molar-refractivity contribution in [1.82, 2.24) is 9.78 Å². The van der Waals surface area contributed by atoms with Gasteiger partial charge in [-0.15, -0.1) is 0 Å². The van der Waals surface area contributed by atoms with Gasteiger partial charge in [-0.2, -0.15) is 5.10 Å². The van der Waals surface area contributed by atoms with Crippen LogP contribution < -0.4 is 14.8 Å². The van der Waals surface area contributed by atoms with Crippen molar-refractivity contribution in [1.29, 1.82) is 0 Å². The number of rotatable bonds is 7. The van der Waals surface area contributed by atoms with Crippen molar-refractivity contribution in [2.75, 3.05) is 11.9 Å². The summed E-state index contributed by atoms with van der Waals surface area (Å²) >= 11 is 5.71. The van der Waals surface area contributed by atoms with E-state index in [0.717, 1.165) is 5.75 Å². The van der Waals surface area contributed by atoms with Gasteiger partial charge in [0.1, 0.15) is 17.3 Å². The van der Waals surface area contributed by atoms with Gasteiger partial charge in [-0.05, 0) is 49.4 Å². The Morgan fingerprint density at radius 1 is 1.15 bits per heavy atom. The maximum absolute atomic E-state index is 13.1. The summed E-state index contributed by atoms with van der Waals surface area (Å²) in [5, 5.41) is 6.89. The summed E-state index contributed by atoms with van der Waals surface area (Å²) in [6.07, 6.45) is 1.61. The number of carbonyl (C=O) groups is 1. The molecule has 1 amide bonds. The van der Waals surface area contributed by atoms with E-state index in [-0.39, 0.29) is 23.4 Å². The molecule has 0 atom stereocenters. The summed E-state index contributed by atoms with van der Waals surface area (Å²) in [5.41, 5.74) is 0.875. The minimum absolute atomic E-state index is 0.0246. The molecule has 0 saturated heterocycles. The molecule has 27 heavy (non-hydrogen) atoms. The van der Waals surface area contributed by atoms with Crippen LogP contribution >= 0.6 is 11.6 Å². The molecule has 3 aromatic rings. The van der Waals surface area contributed by atoms with Gasteiger partial charge in [0.25, 0.3) is 5.91 Å². The van der Waals surface area contributed by atoms with Crippen LogP contribution in [0.25, 0.3) is 0 Å². The van der Waals surface area contributed by atoms with Crippen molar-refractivity contribution in [3.05, 3.63) is 71.3 Å². The van der Waals surface area contributed by atoms with E-state index < -0.39 is 5.82 Å². The predicted octanol–water partition coefficient (Wildman–Crippen LogP) is 4.36. The van der Waals surface area contributed by atoms with E-state index in [1.165, 1.54) is 22.9 Å². The van der Waals surface area contributed by atoms with Crippen LogP contribution in [0.1, 0.15) is 17.4 Å². The summed E-state index contributed by atoms with van der Waals surface area (Å²) in [4.78, 5) is 12.3. The summed E-state index contributed by atoms with van der Waals surface area (Å²) in [6.45, 7) is 2.54. The molecule has 0 spiro atoms. The molecule has 0 fully saturated rings. The molecule has 0 aliphatic rings. The number of ether oxygens (including phenoxy) is 2. The number of carbonyl (C=O) groups excluding carboxylic acids is 1.